The predicted octanol–water partition coefficient (Wildman–Crippen LogP) is 0.359. The van der Waals surface area contributed by atoms with Gasteiger partial charge in [-0.25, -0.2) is 0 Å². The zero-order valence-electron chi connectivity index (χ0n) is 8.66. The summed E-state index contributed by atoms with van der Waals surface area (Å²) in [5.41, 5.74) is 0. The van der Waals surface area contributed by atoms with Gasteiger partial charge in [0.2, 0.25) is 5.91 Å². The SMILES string of the molecule is CC(=O)C(CS)NC(=O)C1CCC(=O)C1. The molecule has 0 aromatic carbocycles. The lowest BCUT2D eigenvalue weighted by Crippen LogP contribution is -2.43. The number of Topliss-reactive ketones (excluding diaryl/α,β-unsaturated/α-hetero) is 2. The Labute approximate surface area is 94.2 Å². The first-order chi connectivity index (χ1) is 7.04. The Bertz CT molecular complexity index is 290. The van der Waals surface area contributed by atoms with Gasteiger partial charge in [0.15, 0.2) is 5.78 Å². The number of carbonyl (C=O) groups is 3. The van der Waals surface area contributed by atoms with Crippen molar-refractivity contribution in [2.45, 2.75) is 32.2 Å². The van der Waals surface area contributed by atoms with E-state index in [1.54, 1.807) is 0 Å². The van der Waals surface area contributed by atoms with Crippen LogP contribution in [0.2, 0.25) is 0 Å². The summed E-state index contributed by atoms with van der Waals surface area (Å²) < 4.78 is 0. The van der Waals surface area contributed by atoms with Crippen LogP contribution in [0.3, 0.4) is 0 Å². The summed E-state index contributed by atoms with van der Waals surface area (Å²) >= 11 is 3.99. The summed E-state index contributed by atoms with van der Waals surface area (Å²) in [4.78, 5) is 33.7. The predicted molar refractivity (Wildman–Crippen MR) is 58.8 cm³/mol. The van der Waals surface area contributed by atoms with E-state index < -0.39 is 6.04 Å². The summed E-state index contributed by atoms with van der Waals surface area (Å²) in [6, 6.07) is -0.531. The number of carbonyl (C=O) groups excluding carboxylic acids is 3. The van der Waals surface area contributed by atoms with Crippen LogP contribution in [0.15, 0.2) is 0 Å². The number of rotatable bonds is 4. The van der Waals surface area contributed by atoms with Gasteiger partial charge in [0.05, 0.1) is 6.04 Å². The van der Waals surface area contributed by atoms with Gasteiger partial charge in [-0.3, -0.25) is 14.4 Å². The summed E-state index contributed by atoms with van der Waals surface area (Å²) in [7, 11) is 0. The summed E-state index contributed by atoms with van der Waals surface area (Å²) in [6.07, 6.45) is 1.38. The van der Waals surface area contributed by atoms with Crippen molar-refractivity contribution < 1.29 is 14.4 Å². The maximum atomic E-state index is 11.6. The fourth-order valence-electron chi connectivity index (χ4n) is 1.60. The van der Waals surface area contributed by atoms with Crippen LogP contribution in [0.5, 0.6) is 0 Å². The molecular formula is C10H15NO3S. The molecule has 1 rings (SSSR count). The highest BCUT2D eigenvalue weighted by atomic mass is 32.1. The molecular weight excluding hydrogens is 214 g/mol. The molecule has 0 saturated heterocycles. The highest BCUT2D eigenvalue weighted by molar-refractivity contribution is 7.80. The summed E-state index contributed by atoms with van der Waals surface area (Å²) in [5.74, 6) is -0.140. The van der Waals surface area contributed by atoms with Gasteiger partial charge < -0.3 is 5.32 Å². The van der Waals surface area contributed by atoms with Crippen molar-refractivity contribution in [1.82, 2.24) is 5.32 Å². The minimum atomic E-state index is -0.531. The van der Waals surface area contributed by atoms with E-state index in [1.165, 1.54) is 6.92 Å². The molecule has 1 amide bonds. The Hall–Kier alpha value is -0.840. The van der Waals surface area contributed by atoms with Crippen LogP contribution in [0.25, 0.3) is 0 Å². The van der Waals surface area contributed by atoms with Crippen LogP contribution in [0, 0.1) is 5.92 Å². The third-order valence-electron chi connectivity index (χ3n) is 2.61. The Morgan fingerprint density at radius 3 is 2.67 bits per heavy atom. The van der Waals surface area contributed by atoms with Gasteiger partial charge in [0.1, 0.15) is 5.78 Å². The number of nitrogens with one attached hydrogen (secondary N) is 1. The van der Waals surface area contributed by atoms with E-state index in [4.69, 9.17) is 0 Å². The van der Waals surface area contributed by atoms with E-state index in [0.717, 1.165) is 0 Å². The Morgan fingerprint density at radius 1 is 1.60 bits per heavy atom. The maximum Gasteiger partial charge on any atom is 0.224 e. The monoisotopic (exact) mass is 229 g/mol. The molecule has 0 bridgehead atoms. The van der Waals surface area contributed by atoms with Crippen molar-refractivity contribution in [3.63, 3.8) is 0 Å². The first-order valence-electron chi connectivity index (χ1n) is 4.98. The zero-order chi connectivity index (χ0) is 11.4. The van der Waals surface area contributed by atoms with Gasteiger partial charge in [0.25, 0.3) is 0 Å². The van der Waals surface area contributed by atoms with Crippen LogP contribution in [0.4, 0.5) is 0 Å². The topological polar surface area (TPSA) is 63.2 Å². The molecule has 4 nitrogen and oxygen atoms in total. The second-order valence-electron chi connectivity index (χ2n) is 3.83. The van der Waals surface area contributed by atoms with Crippen LogP contribution >= 0.6 is 12.6 Å². The minimum absolute atomic E-state index is 0.109. The Kier molecular flexibility index (Phi) is 4.32. The lowest BCUT2D eigenvalue weighted by molar-refractivity contribution is -0.129. The summed E-state index contributed by atoms with van der Waals surface area (Å²) in [6.45, 7) is 1.42. The fraction of sp³-hybridized carbons (Fsp3) is 0.700. The van der Waals surface area contributed by atoms with Crippen molar-refractivity contribution in [3.8, 4) is 0 Å². The van der Waals surface area contributed by atoms with E-state index in [9.17, 15) is 14.4 Å². The van der Waals surface area contributed by atoms with Gasteiger partial charge in [-0.1, -0.05) is 0 Å². The van der Waals surface area contributed by atoms with E-state index in [1.807, 2.05) is 0 Å². The van der Waals surface area contributed by atoms with E-state index >= 15 is 0 Å². The highest BCUT2D eigenvalue weighted by Gasteiger charge is 2.29. The molecule has 1 aliphatic carbocycles. The highest BCUT2D eigenvalue weighted by Crippen LogP contribution is 2.21. The number of thiol groups is 1. The van der Waals surface area contributed by atoms with Crippen molar-refractivity contribution in [1.29, 1.82) is 0 Å². The van der Waals surface area contributed by atoms with Gasteiger partial charge in [-0.15, -0.1) is 0 Å². The molecule has 1 fully saturated rings. The van der Waals surface area contributed by atoms with Crippen molar-refractivity contribution in [2.75, 3.05) is 5.75 Å². The lowest BCUT2D eigenvalue weighted by Gasteiger charge is -2.15. The van der Waals surface area contributed by atoms with Crippen molar-refractivity contribution in [2.24, 2.45) is 5.92 Å². The molecule has 0 radical (unpaired) electrons. The van der Waals surface area contributed by atoms with Gasteiger partial charge in [-0.2, -0.15) is 12.6 Å². The van der Waals surface area contributed by atoms with E-state index in [-0.39, 0.29) is 23.4 Å². The molecule has 84 valence electrons. The third-order valence-corrected chi connectivity index (χ3v) is 2.97. The Morgan fingerprint density at radius 2 is 2.27 bits per heavy atom. The van der Waals surface area contributed by atoms with Crippen molar-refractivity contribution >= 4 is 30.1 Å². The second kappa shape index (κ2) is 5.30. The quantitative estimate of drug-likeness (QED) is 0.684. The van der Waals surface area contributed by atoms with E-state index in [0.29, 0.717) is 25.0 Å². The molecule has 5 heteroatoms. The molecule has 1 aliphatic rings. The average Bonchev–Trinajstić information content (AvgIpc) is 2.60. The van der Waals surface area contributed by atoms with Gasteiger partial charge in [-0.05, 0) is 13.3 Å². The number of ketones is 2. The molecule has 2 atom stereocenters. The number of hydrogen-bond acceptors (Lipinski definition) is 4. The van der Waals surface area contributed by atoms with Crippen LogP contribution < -0.4 is 5.32 Å². The van der Waals surface area contributed by atoms with Crippen molar-refractivity contribution in [3.05, 3.63) is 0 Å². The number of hydrogen-bond donors (Lipinski definition) is 2. The smallest absolute Gasteiger partial charge is 0.224 e. The Balaban J connectivity index is 2.47. The molecule has 0 aromatic rings. The second-order valence-corrected chi connectivity index (χ2v) is 4.20. The molecule has 15 heavy (non-hydrogen) atoms. The van der Waals surface area contributed by atoms with E-state index in [2.05, 4.69) is 17.9 Å². The molecule has 0 aliphatic heterocycles. The first-order valence-corrected chi connectivity index (χ1v) is 5.61. The first kappa shape index (κ1) is 12.2. The molecule has 2 unspecified atom stereocenters. The molecule has 0 heterocycles. The van der Waals surface area contributed by atoms with Gasteiger partial charge >= 0.3 is 0 Å². The lowest BCUT2D eigenvalue weighted by atomic mass is 10.1. The van der Waals surface area contributed by atoms with Crippen LogP contribution in [-0.2, 0) is 14.4 Å². The third kappa shape index (κ3) is 3.34. The van der Waals surface area contributed by atoms with Crippen LogP contribution in [0.1, 0.15) is 26.2 Å². The fourth-order valence-corrected chi connectivity index (χ4v) is 1.95. The molecule has 0 aromatic heterocycles. The number of amides is 1. The standard InChI is InChI=1S/C10H15NO3S/c1-6(12)9(5-15)11-10(14)7-2-3-8(13)4-7/h7,9,15H,2-5H2,1H3,(H,11,14). The molecule has 1 saturated carbocycles. The molecule has 1 N–H and O–H groups in total. The largest absolute Gasteiger partial charge is 0.345 e. The van der Waals surface area contributed by atoms with Gasteiger partial charge in [0, 0.05) is 24.5 Å². The maximum absolute atomic E-state index is 11.6. The molecule has 0 spiro atoms. The average molecular weight is 229 g/mol. The van der Waals surface area contributed by atoms with Crippen LogP contribution in [-0.4, -0.2) is 29.3 Å². The normalized spacial score (nSPS) is 22.5. The minimum Gasteiger partial charge on any atom is -0.345 e. The zero-order valence-corrected chi connectivity index (χ0v) is 9.55. The summed E-state index contributed by atoms with van der Waals surface area (Å²) in [5, 5.41) is 2.61.